The Morgan fingerprint density at radius 3 is 2.92 bits per heavy atom. The maximum atomic E-state index is 4.32. The van der Waals surface area contributed by atoms with Crippen LogP contribution in [-0.2, 0) is 6.54 Å². The van der Waals surface area contributed by atoms with Gasteiger partial charge in [-0.15, -0.1) is 0 Å². The highest BCUT2D eigenvalue weighted by molar-refractivity contribution is 9.09. The third-order valence-electron chi connectivity index (χ3n) is 2.23. The lowest BCUT2D eigenvalue weighted by Gasteiger charge is -2.24. The van der Waals surface area contributed by atoms with Gasteiger partial charge in [0.25, 0.3) is 0 Å². The predicted molar refractivity (Wildman–Crippen MR) is 59.6 cm³/mol. The molecular formula is C9H16BrN3. The highest BCUT2D eigenvalue weighted by Gasteiger charge is 2.12. The molecule has 0 aliphatic heterocycles. The molecule has 1 heterocycles. The van der Waals surface area contributed by atoms with E-state index in [4.69, 9.17) is 0 Å². The van der Waals surface area contributed by atoms with E-state index in [1.807, 2.05) is 12.4 Å². The van der Waals surface area contributed by atoms with E-state index in [0.29, 0.717) is 6.04 Å². The van der Waals surface area contributed by atoms with Gasteiger partial charge in [-0.1, -0.05) is 15.9 Å². The highest BCUT2D eigenvalue weighted by atomic mass is 79.9. The van der Waals surface area contributed by atoms with Crippen molar-refractivity contribution in [2.24, 2.45) is 0 Å². The Balaban J connectivity index is 2.81. The molecule has 0 fully saturated rings. The molecule has 3 nitrogen and oxygen atoms in total. The van der Waals surface area contributed by atoms with E-state index in [1.165, 1.54) is 0 Å². The SMILES string of the molecule is CCn1ccnc1N(C)C(C)CBr. The van der Waals surface area contributed by atoms with E-state index in [1.54, 1.807) is 0 Å². The van der Waals surface area contributed by atoms with E-state index in [9.17, 15) is 0 Å². The first-order chi connectivity index (χ1) is 6.20. The van der Waals surface area contributed by atoms with Gasteiger partial charge in [0.05, 0.1) is 0 Å². The van der Waals surface area contributed by atoms with Crippen molar-refractivity contribution in [1.29, 1.82) is 0 Å². The van der Waals surface area contributed by atoms with Gasteiger partial charge < -0.3 is 9.47 Å². The minimum atomic E-state index is 0.465. The number of alkyl halides is 1. The molecule has 13 heavy (non-hydrogen) atoms. The second-order valence-corrected chi connectivity index (χ2v) is 3.77. The molecule has 0 aliphatic carbocycles. The Kier molecular flexibility index (Phi) is 3.78. The van der Waals surface area contributed by atoms with Crippen molar-refractivity contribution < 1.29 is 0 Å². The molecule has 0 amide bonds. The number of imidazole rings is 1. The van der Waals surface area contributed by atoms with Crippen LogP contribution in [0.3, 0.4) is 0 Å². The summed E-state index contributed by atoms with van der Waals surface area (Å²) in [5, 5.41) is 0.958. The molecule has 0 bridgehead atoms. The maximum absolute atomic E-state index is 4.32. The number of hydrogen-bond donors (Lipinski definition) is 0. The predicted octanol–water partition coefficient (Wildman–Crippen LogP) is 2.12. The monoisotopic (exact) mass is 245 g/mol. The van der Waals surface area contributed by atoms with Crippen LogP contribution in [0.15, 0.2) is 12.4 Å². The first-order valence-corrected chi connectivity index (χ1v) is 5.62. The summed E-state index contributed by atoms with van der Waals surface area (Å²) in [5.74, 6) is 1.04. The minimum Gasteiger partial charge on any atom is -0.342 e. The summed E-state index contributed by atoms with van der Waals surface area (Å²) < 4.78 is 2.14. The number of rotatable bonds is 4. The molecule has 4 heteroatoms. The summed E-state index contributed by atoms with van der Waals surface area (Å²) in [5.41, 5.74) is 0. The Bertz CT molecular complexity index is 259. The Morgan fingerprint density at radius 1 is 1.69 bits per heavy atom. The largest absolute Gasteiger partial charge is 0.342 e. The number of aryl methyl sites for hydroxylation is 1. The normalized spacial score (nSPS) is 12.9. The van der Waals surface area contributed by atoms with Gasteiger partial charge in [-0.2, -0.15) is 0 Å². The summed E-state index contributed by atoms with van der Waals surface area (Å²) in [6.45, 7) is 5.26. The van der Waals surface area contributed by atoms with Gasteiger partial charge >= 0.3 is 0 Å². The molecule has 1 atom stereocenters. The molecule has 0 saturated heterocycles. The van der Waals surface area contributed by atoms with Crippen LogP contribution in [-0.4, -0.2) is 28.0 Å². The van der Waals surface area contributed by atoms with Crippen LogP contribution in [0.25, 0.3) is 0 Å². The lowest BCUT2D eigenvalue weighted by molar-refractivity contribution is 0.682. The Morgan fingerprint density at radius 2 is 2.38 bits per heavy atom. The van der Waals surface area contributed by atoms with Crippen LogP contribution in [0.4, 0.5) is 5.95 Å². The Labute approximate surface area is 87.9 Å². The van der Waals surface area contributed by atoms with Crippen LogP contribution in [0.2, 0.25) is 0 Å². The molecule has 74 valence electrons. The zero-order valence-corrected chi connectivity index (χ0v) is 9.95. The molecular weight excluding hydrogens is 230 g/mol. The molecule has 0 aromatic carbocycles. The van der Waals surface area contributed by atoms with E-state index >= 15 is 0 Å². The summed E-state index contributed by atoms with van der Waals surface area (Å²) in [6.07, 6.45) is 3.85. The third-order valence-corrected chi connectivity index (χ3v) is 3.17. The molecule has 0 saturated carbocycles. The number of nitrogens with zero attached hydrogens (tertiary/aromatic N) is 3. The summed E-state index contributed by atoms with van der Waals surface area (Å²) in [7, 11) is 2.07. The van der Waals surface area contributed by atoms with Crippen molar-refractivity contribution in [2.45, 2.75) is 26.4 Å². The fourth-order valence-corrected chi connectivity index (χ4v) is 1.60. The van der Waals surface area contributed by atoms with Crippen LogP contribution < -0.4 is 4.90 Å². The smallest absolute Gasteiger partial charge is 0.205 e. The van der Waals surface area contributed by atoms with Crippen LogP contribution in [0, 0.1) is 0 Å². The number of aromatic nitrogens is 2. The minimum absolute atomic E-state index is 0.465. The highest BCUT2D eigenvalue weighted by Crippen LogP contribution is 2.13. The van der Waals surface area contributed by atoms with Crippen molar-refractivity contribution >= 4 is 21.9 Å². The maximum Gasteiger partial charge on any atom is 0.205 e. The van der Waals surface area contributed by atoms with Crippen molar-refractivity contribution in [3.05, 3.63) is 12.4 Å². The summed E-state index contributed by atoms with van der Waals surface area (Å²) in [4.78, 5) is 6.50. The van der Waals surface area contributed by atoms with E-state index in [2.05, 4.69) is 51.3 Å². The summed E-state index contributed by atoms with van der Waals surface area (Å²) in [6, 6.07) is 0.465. The second kappa shape index (κ2) is 4.65. The molecule has 1 unspecified atom stereocenters. The van der Waals surface area contributed by atoms with Crippen molar-refractivity contribution in [3.8, 4) is 0 Å². The van der Waals surface area contributed by atoms with Crippen molar-refractivity contribution in [1.82, 2.24) is 9.55 Å². The molecule has 1 rings (SSSR count). The zero-order chi connectivity index (χ0) is 9.84. The topological polar surface area (TPSA) is 21.1 Å². The fraction of sp³-hybridized carbons (Fsp3) is 0.667. The Hall–Kier alpha value is -0.510. The average molecular weight is 246 g/mol. The van der Waals surface area contributed by atoms with Gasteiger partial charge in [-0.25, -0.2) is 4.98 Å². The van der Waals surface area contributed by atoms with Crippen LogP contribution in [0.1, 0.15) is 13.8 Å². The average Bonchev–Trinajstić information content (AvgIpc) is 2.62. The molecule has 0 N–H and O–H groups in total. The quantitative estimate of drug-likeness (QED) is 0.759. The van der Waals surface area contributed by atoms with Gasteiger partial charge in [0.2, 0.25) is 5.95 Å². The number of halogens is 1. The van der Waals surface area contributed by atoms with Crippen LogP contribution >= 0.6 is 15.9 Å². The van der Waals surface area contributed by atoms with Gasteiger partial charge in [0, 0.05) is 37.4 Å². The molecule has 1 aromatic rings. The molecule has 1 aromatic heterocycles. The van der Waals surface area contributed by atoms with E-state index in [-0.39, 0.29) is 0 Å². The van der Waals surface area contributed by atoms with E-state index < -0.39 is 0 Å². The van der Waals surface area contributed by atoms with Crippen LogP contribution in [0.5, 0.6) is 0 Å². The lowest BCUT2D eigenvalue weighted by Crippen LogP contribution is -2.32. The molecule has 0 aliphatic rings. The van der Waals surface area contributed by atoms with Gasteiger partial charge in [0.15, 0.2) is 0 Å². The fourth-order valence-electron chi connectivity index (χ4n) is 1.16. The number of anilines is 1. The van der Waals surface area contributed by atoms with Gasteiger partial charge in [-0.05, 0) is 13.8 Å². The number of hydrogen-bond acceptors (Lipinski definition) is 2. The standard InChI is InChI=1S/C9H16BrN3/c1-4-13-6-5-11-9(13)12(3)8(2)7-10/h5-6,8H,4,7H2,1-3H3. The van der Waals surface area contributed by atoms with Gasteiger partial charge in [0.1, 0.15) is 0 Å². The first-order valence-electron chi connectivity index (χ1n) is 4.50. The summed E-state index contributed by atoms with van der Waals surface area (Å²) >= 11 is 3.47. The third kappa shape index (κ3) is 2.24. The van der Waals surface area contributed by atoms with E-state index in [0.717, 1.165) is 17.8 Å². The van der Waals surface area contributed by atoms with Crippen molar-refractivity contribution in [3.63, 3.8) is 0 Å². The zero-order valence-electron chi connectivity index (χ0n) is 8.37. The van der Waals surface area contributed by atoms with Crippen molar-refractivity contribution in [2.75, 3.05) is 17.3 Å². The molecule has 0 radical (unpaired) electrons. The second-order valence-electron chi connectivity index (χ2n) is 3.13. The lowest BCUT2D eigenvalue weighted by atomic mass is 10.4. The first kappa shape index (κ1) is 10.6. The molecule has 0 spiro atoms. The van der Waals surface area contributed by atoms with Gasteiger partial charge in [-0.3, -0.25) is 0 Å².